The number of methoxy groups -OCH3 is 1. The third-order valence-corrected chi connectivity index (χ3v) is 2.66. The van der Waals surface area contributed by atoms with E-state index in [1.54, 1.807) is 38.3 Å². The van der Waals surface area contributed by atoms with Gasteiger partial charge < -0.3 is 14.9 Å². The first-order valence-electron chi connectivity index (χ1n) is 5.10. The van der Waals surface area contributed by atoms with Crippen molar-refractivity contribution in [2.75, 3.05) is 7.11 Å². The summed E-state index contributed by atoms with van der Waals surface area (Å²) in [7, 11) is 1.55. The molecule has 0 saturated carbocycles. The summed E-state index contributed by atoms with van der Waals surface area (Å²) in [5, 5.41) is 19.0. The topological polar surface area (TPSA) is 66.8 Å². The summed E-state index contributed by atoms with van der Waals surface area (Å²) in [6.07, 6.45) is 0.0570. The van der Waals surface area contributed by atoms with Crippen molar-refractivity contribution < 1.29 is 19.7 Å². The van der Waals surface area contributed by atoms with Gasteiger partial charge in [0.1, 0.15) is 5.75 Å². The summed E-state index contributed by atoms with van der Waals surface area (Å²) in [5.74, 6) is -0.335. The van der Waals surface area contributed by atoms with E-state index in [1.165, 1.54) is 0 Å². The highest BCUT2D eigenvalue weighted by molar-refractivity contribution is 5.68. The van der Waals surface area contributed by atoms with Crippen LogP contribution in [0.2, 0.25) is 0 Å². The Balaban J connectivity index is 2.98. The maximum Gasteiger partial charge on any atom is 0.306 e. The van der Waals surface area contributed by atoms with Gasteiger partial charge in [-0.25, -0.2) is 0 Å². The first-order valence-corrected chi connectivity index (χ1v) is 5.10. The quantitative estimate of drug-likeness (QED) is 0.799. The molecule has 4 nitrogen and oxygen atoms in total. The van der Waals surface area contributed by atoms with E-state index in [0.717, 1.165) is 0 Å². The van der Waals surface area contributed by atoms with Crippen molar-refractivity contribution in [2.24, 2.45) is 0 Å². The molecule has 0 amide bonds. The third kappa shape index (κ3) is 2.73. The van der Waals surface area contributed by atoms with Gasteiger partial charge in [0.15, 0.2) is 0 Å². The van der Waals surface area contributed by atoms with Crippen molar-refractivity contribution in [3.63, 3.8) is 0 Å². The zero-order valence-electron chi connectivity index (χ0n) is 9.43. The second kappa shape index (κ2) is 4.99. The molecule has 0 bridgehead atoms. The molecular weight excluding hydrogens is 208 g/mol. The van der Waals surface area contributed by atoms with Crippen LogP contribution in [0.4, 0.5) is 0 Å². The van der Waals surface area contributed by atoms with E-state index in [9.17, 15) is 9.90 Å². The molecule has 0 spiro atoms. The number of benzene rings is 1. The fourth-order valence-corrected chi connectivity index (χ4v) is 1.58. The zero-order valence-corrected chi connectivity index (χ0v) is 9.43. The SMILES string of the molecule is CCC(O)(CC(=O)O)c1ccc(OC)cc1. The van der Waals surface area contributed by atoms with Crippen LogP contribution in [0.3, 0.4) is 0 Å². The Bertz CT molecular complexity index is 358. The van der Waals surface area contributed by atoms with Crippen LogP contribution in [-0.4, -0.2) is 23.3 Å². The number of rotatable bonds is 5. The first-order chi connectivity index (χ1) is 7.51. The lowest BCUT2D eigenvalue weighted by Gasteiger charge is -2.25. The Morgan fingerprint density at radius 3 is 2.31 bits per heavy atom. The maximum absolute atomic E-state index is 10.7. The molecule has 0 fully saturated rings. The predicted molar refractivity (Wildman–Crippen MR) is 59.4 cm³/mol. The number of ether oxygens (including phenoxy) is 1. The van der Waals surface area contributed by atoms with E-state index >= 15 is 0 Å². The number of carbonyl (C=O) groups is 1. The molecule has 0 saturated heterocycles. The zero-order chi connectivity index (χ0) is 12.2. The lowest BCUT2D eigenvalue weighted by molar-refractivity contribution is -0.143. The van der Waals surface area contributed by atoms with Gasteiger partial charge in [0, 0.05) is 0 Å². The van der Waals surface area contributed by atoms with E-state index in [1.807, 2.05) is 0 Å². The summed E-state index contributed by atoms with van der Waals surface area (Å²) < 4.78 is 5.00. The van der Waals surface area contributed by atoms with Crippen molar-refractivity contribution in [1.82, 2.24) is 0 Å². The van der Waals surface area contributed by atoms with Crippen LogP contribution in [0.1, 0.15) is 25.3 Å². The Hall–Kier alpha value is -1.55. The smallest absolute Gasteiger partial charge is 0.306 e. The van der Waals surface area contributed by atoms with Crippen LogP contribution in [0.15, 0.2) is 24.3 Å². The highest BCUT2D eigenvalue weighted by Gasteiger charge is 2.30. The second-order valence-corrected chi connectivity index (χ2v) is 3.68. The number of carboxylic acid groups (broad SMARTS) is 1. The van der Waals surface area contributed by atoms with Gasteiger partial charge in [-0.2, -0.15) is 0 Å². The first kappa shape index (κ1) is 12.5. The van der Waals surface area contributed by atoms with E-state index in [0.29, 0.717) is 17.7 Å². The molecule has 1 aromatic carbocycles. The molecule has 0 aliphatic carbocycles. The van der Waals surface area contributed by atoms with Gasteiger partial charge in [-0.05, 0) is 24.1 Å². The largest absolute Gasteiger partial charge is 0.497 e. The van der Waals surface area contributed by atoms with E-state index in [4.69, 9.17) is 9.84 Å². The highest BCUT2D eigenvalue weighted by Crippen LogP contribution is 2.29. The molecule has 1 rings (SSSR count). The van der Waals surface area contributed by atoms with Gasteiger partial charge in [0.2, 0.25) is 0 Å². The van der Waals surface area contributed by atoms with Crippen molar-refractivity contribution in [3.05, 3.63) is 29.8 Å². The third-order valence-electron chi connectivity index (χ3n) is 2.66. The van der Waals surface area contributed by atoms with Crippen molar-refractivity contribution >= 4 is 5.97 Å². The van der Waals surface area contributed by atoms with Crippen molar-refractivity contribution in [2.45, 2.75) is 25.4 Å². The minimum absolute atomic E-state index is 0.296. The lowest BCUT2D eigenvalue weighted by atomic mass is 9.88. The molecule has 0 aromatic heterocycles. The number of hydrogen-bond donors (Lipinski definition) is 2. The van der Waals surface area contributed by atoms with Gasteiger partial charge in [0.25, 0.3) is 0 Å². The molecule has 1 aromatic rings. The molecule has 0 radical (unpaired) electrons. The fraction of sp³-hybridized carbons (Fsp3) is 0.417. The van der Waals surface area contributed by atoms with E-state index < -0.39 is 11.6 Å². The van der Waals surface area contributed by atoms with Crippen molar-refractivity contribution in [3.8, 4) is 5.75 Å². The normalized spacial score (nSPS) is 14.2. The number of carboxylic acids is 1. The molecule has 0 heterocycles. The fourth-order valence-electron chi connectivity index (χ4n) is 1.58. The maximum atomic E-state index is 10.7. The molecule has 4 heteroatoms. The number of aliphatic carboxylic acids is 1. The lowest BCUT2D eigenvalue weighted by Crippen LogP contribution is -2.28. The van der Waals surface area contributed by atoms with E-state index in [-0.39, 0.29) is 6.42 Å². The van der Waals surface area contributed by atoms with Crippen LogP contribution in [0.5, 0.6) is 5.75 Å². The number of hydrogen-bond acceptors (Lipinski definition) is 3. The average molecular weight is 224 g/mol. The van der Waals surface area contributed by atoms with Crippen LogP contribution in [-0.2, 0) is 10.4 Å². The van der Waals surface area contributed by atoms with Gasteiger partial charge in [-0.1, -0.05) is 19.1 Å². The van der Waals surface area contributed by atoms with Gasteiger partial charge >= 0.3 is 5.97 Å². The number of aliphatic hydroxyl groups is 1. The van der Waals surface area contributed by atoms with Crippen molar-refractivity contribution in [1.29, 1.82) is 0 Å². The Labute approximate surface area is 94.5 Å². The molecular formula is C12H16O4. The van der Waals surface area contributed by atoms with E-state index in [2.05, 4.69) is 0 Å². The summed E-state index contributed by atoms with van der Waals surface area (Å²) >= 11 is 0. The Morgan fingerprint density at radius 2 is 1.94 bits per heavy atom. The Kier molecular flexibility index (Phi) is 3.90. The highest BCUT2D eigenvalue weighted by atomic mass is 16.5. The Morgan fingerprint density at radius 1 is 1.38 bits per heavy atom. The monoisotopic (exact) mass is 224 g/mol. The minimum atomic E-state index is -1.31. The standard InChI is InChI=1S/C12H16O4/c1-3-12(15,8-11(13)14)9-4-6-10(16-2)7-5-9/h4-7,15H,3,8H2,1-2H3,(H,13,14). The molecule has 2 N–H and O–H groups in total. The van der Waals surface area contributed by atoms with Crippen LogP contribution in [0.25, 0.3) is 0 Å². The van der Waals surface area contributed by atoms with Gasteiger partial charge in [-0.3, -0.25) is 4.79 Å². The second-order valence-electron chi connectivity index (χ2n) is 3.68. The molecule has 16 heavy (non-hydrogen) atoms. The summed E-state index contributed by atoms with van der Waals surface area (Å²) in [6.45, 7) is 1.76. The predicted octanol–water partition coefficient (Wildman–Crippen LogP) is 1.77. The van der Waals surface area contributed by atoms with Gasteiger partial charge in [0.05, 0.1) is 19.1 Å². The van der Waals surface area contributed by atoms with Crippen LogP contribution in [0, 0.1) is 0 Å². The molecule has 1 atom stereocenters. The summed E-state index contributed by atoms with van der Waals surface area (Å²) in [5.41, 5.74) is -0.712. The average Bonchev–Trinajstić information content (AvgIpc) is 2.28. The summed E-state index contributed by atoms with van der Waals surface area (Å²) in [4.78, 5) is 10.7. The molecule has 0 aliphatic heterocycles. The molecule has 0 aliphatic rings. The van der Waals surface area contributed by atoms with Crippen LogP contribution < -0.4 is 4.74 Å². The van der Waals surface area contributed by atoms with Crippen LogP contribution >= 0.6 is 0 Å². The summed E-state index contributed by atoms with van der Waals surface area (Å²) in [6, 6.07) is 6.78. The van der Waals surface area contributed by atoms with Gasteiger partial charge in [-0.15, -0.1) is 0 Å². The minimum Gasteiger partial charge on any atom is -0.497 e. The molecule has 88 valence electrons. The molecule has 1 unspecified atom stereocenters.